The average molecular weight is 294 g/mol. The Kier molecular flexibility index (Phi) is 2.89. The van der Waals surface area contributed by atoms with Crippen LogP contribution < -0.4 is 10.5 Å². The third kappa shape index (κ3) is 2.08. The molecule has 1 atom stereocenters. The molecule has 1 aromatic heterocycles. The molecule has 0 radical (unpaired) electrons. The highest BCUT2D eigenvalue weighted by Crippen LogP contribution is 2.40. The van der Waals surface area contributed by atoms with Crippen molar-refractivity contribution in [1.29, 1.82) is 0 Å². The van der Waals surface area contributed by atoms with Gasteiger partial charge in [0.25, 0.3) is 0 Å². The monoisotopic (exact) mass is 294 g/mol. The van der Waals surface area contributed by atoms with Crippen LogP contribution in [0.15, 0.2) is 53.9 Å². The highest BCUT2D eigenvalue weighted by atomic mass is 32.1. The molecule has 0 aliphatic carbocycles. The summed E-state index contributed by atoms with van der Waals surface area (Å²) < 4.78 is 5.75. The van der Waals surface area contributed by atoms with Crippen LogP contribution in [0.2, 0.25) is 0 Å². The van der Waals surface area contributed by atoms with Gasteiger partial charge in [0.05, 0.1) is 11.6 Å². The van der Waals surface area contributed by atoms with E-state index in [1.807, 2.05) is 42.5 Å². The lowest BCUT2D eigenvalue weighted by atomic mass is 10.0. The van der Waals surface area contributed by atoms with Gasteiger partial charge < -0.3 is 10.5 Å². The van der Waals surface area contributed by atoms with Crippen LogP contribution in [0.3, 0.4) is 0 Å². The number of rotatable bonds is 2. The van der Waals surface area contributed by atoms with E-state index in [4.69, 9.17) is 15.5 Å². The van der Waals surface area contributed by atoms with Gasteiger partial charge in [-0.05, 0) is 12.1 Å². The van der Waals surface area contributed by atoms with Crippen LogP contribution in [0.5, 0.6) is 5.75 Å². The Morgan fingerprint density at radius 1 is 1.10 bits per heavy atom. The van der Waals surface area contributed by atoms with Crippen molar-refractivity contribution in [3.63, 3.8) is 0 Å². The first-order valence-corrected chi connectivity index (χ1v) is 7.73. The first-order chi connectivity index (χ1) is 10.3. The molecule has 2 heterocycles. The topological polar surface area (TPSA) is 48.1 Å². The van der Waals surface area contributed by atoms with Crippen molar-refractivity contribution in [1.82, 2.24) is 4.98 Å². The van der Waals surface area contributed by atoms with Crippen molar-refractivity contribution in [3.05, 3.63) is 64.5 Å². The molecule has 3 nitrogen and oxygen atoms in total. The van der Waals surface area contributed by atoms with Gasteiger partial charge in [-0.25, -0.2) is 4.98 Å². The van der Waals surface area contributed by atoms with Gasteiger partial charge in [0.1, 0.15) is 17.4 Å². The Morgan fingerprint density at radius 3 is 2.81 bits per heavy atom. The minimum atomic E-state index is 0.227. The first kappa shape index (κ1) is 12.4. The quantitative estimate of drug-likeness (QED) is 0.729. The van der Waals surface area contributed by atoms with Gasteiger partial charge in [0.2, 0.25) is 0 Å². The summed E-state index contributed by atoms with van der Waals surface area (Å²) in [6.07, 6.45) is 0. The predicted octanol–water partition coefficient (Wildman–Crippen LogP) is 3.92. The molecule has 104 valence electrons. The van der Waals surface area contributed by atoms with Gasteiger partial charge in [0, 0.05) is 22.2 Å². The zero-order valence-corrected chi connectivity index (χ0v) is 12.1. The highest BCUT2D eigenvalue weighted by Gasteiger charge is 2.27. The molecule has 1 aliphatic heterocycles. The second kappa shape index (κ2) is 4.90. The van der Waals surface area contributed by atoms with Gasteiger partial charge in [0.15, 0.2) is 0 Å². The average Bonchev–Trinajstić information content (AvgIpc) is 3.14. The van der Waals surface area contributed by atoms with Crippen LogP contribution in [0.1, 0.15) is 16.5 Å². The van der Waals surface area contributed by atoms with Crippen LogP contribution in [0.4, 0.5) is 5.69 Å². The third-order valence-corrected chi connectivity index (χ3v) is 4.72. The summed E-state index contributed by atoms with van der Waals surface area (Å²) in [5.41, 5.74) is 9.95. The largest absolute Gasteiger partial charge is 0.492 e. The van der Waals surface area contributed by atoms with E-state index >= 15 is 0 Å². The maximum Gasteiger partial charge on any atom is 0.123 e. The number of nitrogen functional groups attached to an aromatic ring is 1. The number of ether oxygens (including phenoxy) is 1. The van der Waals surface area contributed by atoms with Crippen molar-refractivity contribution in [2.24, 2.45) is 0 Å². The lowest BCUT2D eigenvalue weighted by Gasteiger charge is -2.04. The summed E-state index contributed by atoms with van der Waals surface area (Å²) in [4.78, 5) is 4.78. The van der Waals surface area contributed by atoms with Crippen molar-refractivity contribution < 1.29 is 4.74 Å². The fourth-order valence-corrected chi connectivity index (χ4v) is 3.59. The number of thiazole rings is 1. The molecule has 1 aliphatic rings. The highest BCUT2D eigenvalue weighted by molar-refractivity contribution is 7.10. The maximum absolute atomic E-state index is 6.03. The summed E-state index contributed by atoms with van der Waals surface area (Å²) in [6.45, 7) is 0.663. The molecule has 0 saturated heterocycles. The van der Waals surface area contributed by atoms with E-state index in [0.29, 0.717) is 6.61 Å². The molecule has 21 heavy (non-hydrogen) atoms. The van der Waals surface area contributed by atoms with Crippen LogP contribution in [0.25, 0.3) is 11.3 Å². The normalized spacial score (nSPS) is 16.5. The molecule has 0 fully saturated rings. The number of hydrogen-bond acceptors (Lipinski definition) is 4. The molecule has 0 saturated carbocycles. The van der Waals surface area contributed by atoms with E-state index in [2.05, 4.69) is 11.4 Å². The Hall–Kier alpha value is -2.33. The molecule has 2 aromatic carbocycles. The van der Waals surface area contributed by atoms with Crippen molar-refractivity contribution in [2.45, 2.75) is 5.92 Å². The molecule has 3 aromatic rings. The molecule has 0 bridgehead atoms. The number of fused-ring (bicyclic) bond motifs is 1. The standard InChI is InChI=1S/C17H14N2OS/c18-14-7-3-1-6-12(14)15-10-21-17(19-15)13-9-20-16-8-4-2-5-11(13)16/h1-8,10,13H,9,18H2. The number of nitrogens with two attached hydrogens (primary N) is 1. The van der Waals surface area contributed by atoms with E-state index in [1.165, 1.54) is 5.56 Å². The molecule has 2 N–H and O–H groups in total. The lowest BCUT2D eigenvalue weighted by Crippen LogP contribution is -2.02. The predicted molar refractivity (Wildman–Crippen MR) is 85.7 cm³/mol. The Labute approximate surface area is 127 Å². The smallest absolute Gasteiger partial charge is 0.123 e. The molecular weight excluding hydrogens is 280 g/mol. The minimum absolute atomic E-state index is 0.227. The molecule has 4 heteroatoms. The van der Waals surface area contributed by atoms with E-state index < -0.39 is 0 Å². The second-order valence-corrected chi connectivity index (χ2v) is 5.95. The van der Waals surface area contributed by atoms with E-state index in [-0.39, 0.29) is 5.92 Å². The van der Waals surface area contributed by atoms with Crippen LogP contribution in [-0.4, -0.2) is 11.6 Å². The van der Waals surface area contributed by atoms with Crippen LogP contribution in [0, 0.1) is 0 Å². The minimum Gasteiger partial charge on any atom is -0.492 e. The third-order valence-electron chi connectivity index (χ3n) is 3.76. The van der Waals surface area contributed by atoms with Gasteiger partial charge in [-0.2, -0.15) is 0 Å². The first-order valence-electron chi connectivity index (χ1n) is 6.85. The maximum atomic E-state index is 6.03. The van der Waals surface area contributed by atoms with E-state index in [9.17, 15) is 0 Å². The van der Waals surface area contributed by atoms with E-state index in [1.54, 1.807) is 11.3 Å². The number of para-hydroxylation sites is 2. The van der Waals surface area contributed by atoms with Gasteiger partial charge in [-0.3, -0.25) is 0 Å². The molecule has 4 rings (SSSR count). The zero-order valence-electron chi connectivity index (χ0n) is 11.3. The van der Waals surface area contributed by atoms with Gasteiger partial charge in [-0.15, -0.1) is 11.3 Å². The second-order valence-electron chi connectivity index (χ2n) is 5.06. The Balaban J connectivity index is 1.72. The summed E-state index contributed by atoms with van der Waals surface area (Å²) in [7, 11) is 0. The van der Waals surface area contributed by atoms with Crippen LogP contribution >= 0.6 is 11.3 Å². The summed E-state index contributed by atoms with van der Waals surface area (Å²) >= 11 is 1.67. The molecule has 1 unspecified atom stereocenters. The number of benzene rings is 2. The van der Waals surface area contributed by atoms with E-state index in [0.717, 1.165) is 27.7 Å². The summed E-state index contributed by atoms with van der Waals surface area (Å²) in [5.74, 6) is 1.20. The number of aromatic nitrogens is 1. The lowest BCUT2D eigenvalue weighted by molar-refractivity contribution is 0.343. The SMILES string of the molecule is Nc1ccccc1-c1csc(C2COc3ccccc32)n1. The number of anilines is 1. The zero-order chi connectivity index (χ0) is 14.2. The summed E-state index contributed by atoms with van der Waals surface area (Å²) in [6, 6.07) is 16.0. The van der Waals surface area contributed by atoms with Crippen LogP contribution in [-0.2, 0) is 0 Å². The number of nitrogens with zero attached hydrogens (tertiary/aromatic N) is 1. The van der Waals surface area contributed by atoms with Crippen molar-refractivity contribution >= 4 is 17.0 Å². The Bertz CT molecular complexity index is 797. The number of hydrogen-bond donors (Lipinski definition) is 1. The Morgan fingerprint density at radius 2 is 1.90 bits per heavy atom. The molecular formula is C17H14N2OS. The van der Waals surface area contributed by atoms with Crippen molar-refractivity contribution in [3.8, 4) is 17.0 Å². The molecule has 0 amide bonds. The summed E-state index contributed by atoms with van der Waals surface area (Å²) in [5, 5.41) is 3.15. The van der Waals surface area contributed by atoms with Gasteiger partial charge >= 0.3 is 0 Å². The fraction of sp³-hybridized carbons (Fsp3) is 0.118. The van der Waals surface area contributed by atoms with Gasteiger partial charge in [-0.1, -0.05) is 36.4 Å². The van der Waals surface area contributed by atoms with Crippen molar-refractivity contribution in [2.75, 3.05) is 12.3 Å². The molecule has 0 spiro atoms. The fourth-order valence-electron chi connectivity index (χ4n) is 2.67.